The molecule has 0 saturated carbocycles. The molecule has 1 N–H and O–H groups in total. The van der Waals surface area contributed by atoms with E-state index in [0.29, 0.717) is 25.9 Å². The van der Waals surface area contributed by atoms with E-state index in [1.807, 2.05) is 22.6 Å². The van der Waals surface area contributed by atoms with E-state index in [0.717, 1.165) is 35.9 Å². The first-order chi connectivity index (χ1) is 11.8. The summed E-state index contributed by atoms with van der Waals surface area (Å²) in [6.45, 7) is 3.65. The molecule has 0 bridgehead atoms. The molecule has 9 heteroatoms. The summed E-state index contributed by atoms with van der Waals surface area (Å²) in [6.07, 6.45) is 7.72. The van der Waals surface area contributed by atoms with Gasteiger partial charge in [-0.25, -0.2) is 9.71 Å². The molecule has 0 aromatic carbocycles. The van der Waals surface area contributed by atoms with Crippen LogP contribution < -0.4 is 4.72 Å². The molecule has 1 aromatic rings. The van der Waals surface area contributed by atoms with Crippen LogP contribution >= 0.6 is 0 Å². The zero-order valence-electron chi connectivity index (χ0n) is 15.3. The summed E-state index contributed by atoms with van der Waals surface area (Å²) in [5.74, 6) is 1.04. The van der Waals surface area contributed by atoms with Gasteiger partial charge in [0.1, 0.15) is 5.82 Å². The van der Waals surface area contributed by atoms with Gasteiger partial charge in [0, 0.05) is 58.6 Å². The summed E-state index contributed by atoms with van der Waals surface area (Å²) in [4.78, 5) is 18.7. The van der Waals surface area contributed by atoms with E-state index >= 15 is 0 Å². The summed E-state index contributed by atoms with van der Waals surface area (Å²) >= 11 is 0. The minimum atomic E-state index is -3.41. The molecule has 25 heavy (non-hydrogen) atoms. The third kappa shape index (κ3) is 5.52. The third-order valence-electron chi connectivity index (χ3n) is 4.68. The second-order valence-electron chi connectivity index (χ2n) is 6.63. The van der Waals surface area contributed by atoms with Gasteiger partial charge in [-0.1, -0.05) is 0 Å². The zero-order chi connectivity index (χ0) is 18.4. The average Bonchev–Trinajstić information content (AvgIpc) is 2.98. The number of amides is 1. The quantitative estimate of drug-likeness (QED) is 0.730. The molecule has 1 amide bonds. The minimum Gasteiger partial charge on any atom is -0.340 e. The molecule has 0 radical (unpaired) electrons. The molecule has 1 fully saturated rings. The van der Waals surface area contributed by atoms with Gasteiger partial charge in [0.15, 0.2) is 0 Å². The van der Waals surface area contributed by atoms with Gasteiger partial charge in [0.25, 0.3) is 10.2 Å². The van der Waals surface area contributed by atoms with Crippen LogP contribution in [0.15, 0.2) is 12.4 Å². The molecule has 1 unspecified atom stereocenters. The fourth-order valence-electron chi connectivity index (χ4n) is 3.11. The summed E-state index contributed by atoms with van der Waals surface area (Å²) in [5.41, 5.74) is 0. The first-order valence-corrected chi connectivity index (χ1v) is 10.2. The van der Waals surface area contributed by atoms with Gasteiger partial charge in [-0.05, 0) is 32.6 Å². The molecule has 8 nitrogen and oxygen atoms in total. The smallest absolute Gasteiger partial charge is 0.278 e. The van der Waals surface area contributed by atoms with Crippen LogP contribution in [0.4, 0.5) is 0 Å². The van der Waals surface area contributed by atoms with Crippen LogP contribution in [-0.4, -0.2) is 66.3 Å². The highest BCUT2D eigenvalue weighted by atomic mass is 32.2. The Labute approximate surface area is 150 Å². The second kappa shape index (κ2) is 8.77. The first-order valence-electron chi connectivity index (χ1n) is 8.75. The van der Waals surface area contributed by atoms with E-state index in [1.165, 1.54) is 14.1 Å². The number of hydrogen-bond acceptors (Lipinski definition) is 4. The van der Waals surface area contributed by atoms with Gasteiger partial charge in [0.05, 0.1) is 0 Å². The number of carbonyl (C=O) groups is 1. The number of likely N-dealkylation sites (tertiary alicyclic amines) is 1. The lowest BCUT2D eigenvalue weighted by Gasteiger charge is -2.36. The van der Waals surface area contributed by atoms with Crippen molar-refractivity contribution in [2.24, 2.45) is 0 Å². The van der Waals surface area contributed by atoms with Gasteiger partial charge in [-0.3, -0.25) is 4.79 Å². The second-order valence-corrected chi connectivity index (χ2v) is 8.59. The van der Waals surface area contributed by atoms with Crippen LogP contribution in [0.25, 0.3) is 0 Å². The molecule has 1 aromatic heterocycles. The van der Waals surface area contributed by atoms with Crippen LogP contribution in [0.1, 0.15) is 37.9 Å². The number of imidazole rings is 1. The van der Waals surface area contributed by atoms with E-state index in [1.54, 1.807) is 6.20 Å². The predicted molar refractivity (Wildman–Crippen MR) is 96.2 cm³/mol. The molecule has 1 aliphatic rings. The molecule has 1 aliphatic heterocycles. The highest BCUT2D eigenvalue weighted by molar-refractivity contribution is 7.87. The molecule has 1 atom stereocenters. The Morgan fingerprint density at radius 3 is 2.80 bits per heavy atom. The van der Waals surface area contributed by atoms with Crippen molar-refractivity contribution in [3.05, 3.63) is 18.2 Å². The van der Waals surface area contributed by atoms with E-state index in [2.05, 4.69) is 9.71 Å². The standard InChI is InChI=1S/C16H29N5O3S/c1-14-17-10-13-20(14)12-8-16(22)21-11-5-4-6-15(21)7-9-18-25(23,24)19(2)3/h10,13,15,18H,4-9,11-12H2,1-3H3. The Kier molecular flexibility index (Phi) is 6.97. The number of carbonyl (C=O) groups excluding carboxylic acids is 1. The number of aryl methyl sites for hydroxylation is 2. The molecular formula is C16H29N5O3S. The predicted octanol–water partition coefficient (Wildman–Crippen LogP) is 0.749. The van der Waals surface area contributed by atoms with Gasteiger partial charge < -0.3 is 9.47 Å². The number of rotatable bonds is 8. The van der Waals surface area contributed by atoms with Gasteiger partial charge in [-0.15, -0.1) is 0 Å². The summed E-state index contributed by atoms with van der Waals surface area (Å²) in [5, 5.41) is 0. The fraction of sp³-hybridized carbons (Fsp3) is 0.750. The van der Waals surface area contributed by atoms with Crippen molar-refractivity contribution in [1.29, 1.82) is 0 Å². The maximum absolute atomic E-state index is 12.6. The van der Waals surface area contributed by atoms with Crippen molar-refractivity contribution in [2.45, 2.75) is 51.6 Å². The number of aromatic nitrogens is 2. The summed E-state index contributed by atoms with van der Waals surface area (Å²) in [6, 6.07) is 0.106. The van der Waals surface area contributed by atoms with Crippen molar-refractivity contribution in [3.8, 4) is 0 Å². The Hall–Kier alpha value is -1.45. The lowest BCUT2D eigenvalue weighted by molar-refractivity contribution is -0.135. The van der Waals surface area contributed by atoms with E-state index in [9.17, 15) is 13.2 Å². The normalized spacial score (nSPS) is 18.7. The molecule has 142 valence electrons. The van der Waals surface area contributed by atoms with Crippen LogP contribution in [0.2, 0.25) is 0 Å². The largest absolute Gasteiger partial charge is 0.340 e. The lowest BCUT2D eigenvalue weighted by atomic mass is 9.99. The molecular weight excluding hydrogens is 342 g/mol. The third-order valence-corrected chi connectivity index (χ3v) is 6.21. The Balaban J connectivity index is 1.86. The Morgan fingerprint density at radius 2 is 2.16 bits per heavy atom. The van der Waals surface area contributed by atoms with Crippen molar-refractivity contribution < 1.29 is 13.2 Å². The highest BCUT2D eigenvalue weighted by Gasteiger charge is 2.26. The fourth-order valence-corrected chi connectivity index (χ4v) is 3.75. The van der Waals surface area contributed by atoms with Crippen molar-refractivity contribution in [1.82, 2.24) is 23.5 Å². The Morgan fingerprint density at radius 1 is 1.40 bits per heavy atom. The number of piperidine rings is 1. The van der Waals surface area contributed by atoms with Gasteiger partial charge in [-0.2, -0.15) is 12.7 Å². The number of nitrogens with one attached hydrogen (secondary N) is 1. The van der Waals surface area contributed by atoms with Crippen LogP contribution in [-0.2, 0) is 21.5 Å². The molecule has 0 aliphatic carbocycles. The van der Waals surface area contributed by atoms with Crippen molar-refractivity contribution in [3.63, 3.8) is 0 Å². The zero-order valence-corrected chi connectivity index (χ0v) is 16.1. The SMILES string of the molecule is Cc1nccn1CCC(=O)N1CCCCC1CCNS(=O)(=O)N(C)C. The van der Waals surface area contributed by atoms with Crippen LogP contribution in [0.3, 0.4) is 0 Å². The Bertz CT molecular complexity index is 671. The van der Waals surface area contributed by atoms with E-state index in [-0.39, 0.29) is 11.9 Å². The van der Waals surface area contributed by atoms with Gasteiger partial charge in [0.2, 0.25) is 5.91 Å². The van der Waals surface area contributed by atoms with Crippen molar-refractivity contribution >= 4 is 16.1 Å². The lowest BCUT2D eigenvalue weighted by Crippen LogP contribution is -2.46. The number of hydrogen-bond donors (Lipinski definition) is 1. The van der Waals surface area contributed by atoms with Crippen molar-refractivity contribution in [2.75, 3.05) is 27.2 Å². The topological polar surface area (TPSA) is 87.5 Å². The minimum absolute atomic E-state index is 0.106. The van der Waals surface area contributed by atoms with E-state index in [4.69, 9.17) is 0 Å². The monoisotopic (exact) mass is 371 g/mol. The summed E-state index contributed by atoms with van der Waals surface area (Å²) < 4.78 is 29.3. The van der Waals surface area contributed by atoms with Crippen LogP contribution in [0, 0.1) is 6.92 Å². The molecule has 1 saturated heterocycles. The van der Waals surface area contributed by atoms with Crippen LogP contribution in [0.5, 0.6) is 0 Å². The molecule has 2 rings (SSSR count). The molecule has 2 heterocycles. The first kappa shape index (κ1) is 19.9. The highest BCUT2D eigenvalue weighted by Crippen LogP contribution is 2.20. The summed E-state index contributed by atoms with van der Waals surface area (Å²) in [7, 11) is -0.418. The molecule has 0 spiro atoms. The van der Waals surface area contributed by atoms with Gasteiger partial charge >= 0.3 is 0 Å². The van der Waals surface area contributed by atoms with E-state index < -0.39 is 10.2 Å². The maximum Gasteiger partial charge on any atom is 0.278 e. The average molecular weight is 372 g/mol. The number of nitrogens with zero attached hydrogens (tertiary/aromatic N) is 4. The maximum atomic E-state index is 12.6.